The van der Waals surface area contributed by atoms with Gasteiger partial charge in [0, 0.05) is 0 Å². The molecular formula is C12H25N. The topological polar surface area (TPSA) is 26.0 Å². The van der Waals surface area contributed by atoms with Gasteiger partial charge in [-0.25, -0.2) is 0 Å². The van der Waals surface area contributed by atoms with Crippen LogP contribution < -0.4 is 5.73 Å². The highest BCUT2D eigenvalue weighted by atomic mass is 14.6. The first-order chi connectivity index (χ1) is 6.23. The molecule has 1 unspecified atom stereocenters. The first-order valence-corrected chi connectivity index (χ1v) is 5.93. The second-order valence-corrected chi connectivity index (χ2v) is 4.94. The lowest BCUT2D eigenvalue weighted by molar-refractivity contribution is 0.250. The van der Waals surface area contributed by atoms with Crippen molar-refractivity contribution in [1.82, 2.24) is 0 Å². The normalized spacial score (nSPS) is 21.5. The molecule has 0 aromatic heterocycles. The molecule has 0 heterocycles. The fraction of sp³-hybridized carbons (Fsp3) is 1.00. The van der Waals surface area contributed by atoms with Crippen molar-refractivity contribution < 1.29 is 0 Å². The van der Waals surface area contributed by atoms with E-state index in [0.717, 1.165) is 12.5 Å². The van der Waals surface area contributed by atoms with Crippen LogP contribution in [0.5, 0.6) is 0 Å². The molecule has 1 fully saturated rings. The number of hydrogen-bond donors (Lipinski definition) is 1. The summed E-state index contributed by atoms with van der Waals surface area (Å²) in [5, 5.41) is 0. The van der Waals surface area contributed by atoms with E-state index in [-0.39, 0.29) is 0 Å². The Morgan fingerprint density at radius 3 is 2.38 bits per heavy atom. The lowest BCUT2D eigenvalue weighted by Gasteiger charge is -2.27. The van der Waals surface area contributed by atoms with E-state index in [1.54, 1.807) is 0 Å². The van der Waals surface area contributed by atoms with Crippen LogP contribution >= 0.6 is 0 Å². The van der Waals surface area contributed by atoms with Crippen LogP contribution in [0.4, 0.5) is 0 Å². The van der Waals surface area contributed by atoms with Gasteiger partial charge in [-0.2, -0.15) is 0 Å². The summed E-state index contributed by atoms with van der Waals surface area (Å²) in [4.78, 5) is 0. The molecule has 2 N–H and O–H groups in total. The van der Waals surface area contributed by atoms with E-state index >= 15 is 0 Å². The Morgan fingerprint density at radius 1 is 1.23 bits per heavy atom. The van der Waals surface area contributed by atoms with E-state index < -0.39 is 0 Å². The van der Waals surface area contributed by atoms with Crippen LogP contribution in [0.3, 0.4) is 0 Å². The molecule has 13 heavy (non-hydrogen) atoms. The maximum absolute atomic E-state index is 5.86. The fourth-order valence-corrected chi connectivity index (χ4v) is 2.21. The van der Waals surface area contributed by atoms with Gasteiger partial charge in [-0.15, -0.1) is 0 Å². The lowest BCUT2D eigenvalue weighted by atomic mass is 9.80. The van der Waals surface area contributed by atoms with Gasteiger partial charge < -0.3 is 5.73 Å². The van der Waals surface area contributed by atoms with Gasteiger partial charge in [0.15, 0.2) is 0 Å². The summed E-state index contributed by atoms with van der Waals surface area (Å²) < 4.78 is 0. The molecule has 1 nitrogen and oxygen atoms in total. The number of nitrogens with two attached hydrogens (primary N) is 1. The predicted octanol–water partition coefficient (Wildman–Crippen LogP) is 3.33. The Hall–Kier alpha value is -0.0400. The highest BCUT2D eigenvalue weighted by molar-refractivity contribution is 4.91. The molecule has 0 saturated heterocycles. The standard InChI is InChI=1S/C12H25N/c1-3-4-5-6-9-12(2,10-13)11-7-8-11/h11H,3-10,13H2,1-2H3. The molecule has 0 aromatic rings. The highest BCUT2D eigenvalue weighted by Gasteiger charge is 2.39. The third-order valence-corrected chi connectivity index (χ3v) is 3.63. The maximum Gasteiger partial charge on any atom is -0.00205 e. The van der Waals surface area contributed by atoms with Gasteiger partial charge >= 0.3 is 0 Å². The van der Waals surface area contributed by atoms with Gasteiger partial charge in [-0.3, -0.25) is 0 Å². The first kappa shape index (κ1) is 11.0. The van der Waals surface area contributed by atoms with Crippen LogP contribution in [0.25, 0.3) is 0 Å². The van der Waals surface area contributed by atoms with Gasteiger partial charge in [0.05, 0.1) is 0 Å². The predicted molar refractivity (Wildman–Crippen MR) is 58.6 cm³/mol. The second kappa shape index (κ2) is 4.99. The quantitative estimate of drug-likeness (QED) is 0.602. The molecule has 0 radical (unpaired) electrons. The summed E-state index contributed by atoms with van der Waals surface area (Å²) in [6, 6.07) is 0. The van der Waals surface area contributed by atoms with Gasteiger partial charge in [0.2, 0.25) is 0 Å². The Kier molecular flexibility index (Phi) is 4.24. The molecule has 1 saturated carbocycles. The second-order valence-electron chi connectivity index (χ2n) is 4.94. The van der Waals surface area contributed by atoms with Crippen LogP contribution in [0.15, 0.2) is 0 Å². The third-order valence-electron chi connectivity index (χ3n) is 3.63. The molecule has 0 amide bonds. The summed E-state index contributed by atoms with van der Waals surface area (Å²) in [5.41, 5.74) is 6.34. The molecule has 0 aromatic carbocycles. The monoisotopic (exact) mass is 183 g/mol. The van der Waals surface area contributed by atoms with E-state index in [1.165, 1.54) is 44.9 Å². The van der Waals surface area contributed by atoms with E-state index in [0.29, 0.717) is 5.41 Å². The molecule has 1 atom stereocenters. The smallest absolute Gasteiger partial charge is 0.00205 e. The first-order valence-electron chi connectivity index (χ1n) is 5.93. The zero-order valence-corrected chi connectivity index (χ0v) is 9.31. The molecule has 1 aliphatic carbocycles. The van der Waals surface area contributed by atoms with Crippen molar-refractivity contribution in [2.45, 2.75) is 58.8 Å². The van der Waals surface area contributed by atoms with Gasteiger partial charge in [0.25, 0.3) is 0 Å². The molecule has 1 rings (SSSR count). The summed E-state index contributed by atoms with van der Waals surface area (Å²) in [6.07, 6.45) is 9.74. The van der Waals surface area contributed by atoms with Crippen LogP contribution in [-0.4, -0.2) is 6.54 Å². The summed E-state index contributed by atoms with van der Waals surface area (Å²) in [7, 11) is 0. The summed E-state index contributed by atoms with van der Waals surface area (Å²) in [5.74, 6) is 0.958. The lowest BCUT2D eigenvalue weighted by Crippen LogP contribution is -2.29. The largest absolute Gasteiger partial charge is 0.330 e. The van der Waals surface area contributed by atoms with Gasteiger partial charge in [-0.1, -0.05) is 39.5 Å². The Balaban J connectivity index is 2.15. The van der Waals surface area contributed by atoms with Crippen molar-refractivity contribution in [3.05, 3.63) is 0 Å². The number of hydrogen-bond acceptors (Lipinski definition) is 1. The summed E-state index contributed by atoms with van der Waals surface area (Å²) >= 11 is 0. The zero-order valence-electron chi connectivity index (χ0n) is 9.31. The van der Waals surface area contributed by atoms with Gasteiger partial charge in [0.1, 0.15) is 0 Å². The van der Waals surface area contributed by atoms with Crippen molar-refractivity contribution in [3.8, 4) is 0 Å². The minimum atomic E-state index is 0.480. The van der Waals surface area contributed by atoms with Crippen molar-refractivity contribution in [3.63, 3.8) is 0 Å². The van der Waals surface area contributed by atoms with E-state index in [9.17, 15) is 0 Å². The molecule has 1 aliphatic rings. The summed E-state index contributed by atoms with van der Waals surface area (Å²) in [6.45, 7) is 5.55. The van der Waals surface area contributed by atoms with Crippen molar-refractivity contribution in [2.75, 3.05) is 6.54 Å². The van der Waals surface area contributed by atoms with Crippen LogP contribution in [0, 0.1) is 11.3 Å². The van der Waals surface area contributed by atoms with E-state index in [2.05, 4.69) is 13.8 Å². The minimum Gasteiger partial charge on any atom is -0.330 e. The van der Waals surface area contributed by atoms with Crippen LogP contribution in [-0.2, 0) is 0 Å². The molecule has 0 bridgehead atoms. The molecular weight excluding hydrogens is 158 g/mol. The average Bonchev–Trinajstić information content (AvgIpc) is 2.95. The van der Waals surface area contributed by atoms with E-state index in [4.69, 9.17) is 5.73 Å². The van der Waals surface area contributed by atoms with Crippen LogP contribution in [0.2, 0.25) is 0 Å². The molecule has 0 spiro atoms. The molecule has 0 aliphatic heterocycles. The number of unbranched alkanes of at least 4 members (excludes halogenated alkanes) is 3. The third kappa shape index (κ3) is 3.30. The van der Waals surface area contributed by atoms with Crippen molar-refractivity contribution in [1.29, 1.82) is 0 Å². The number of rotatable bonds is 7. The molecule has 78 valence electrons. The van der Waals surface area contributed by atoms with Crippen molar-refractivity contribution in [2.24, 2.45) is 17.1 Å². The highest BCUT2D eigenvalue weighted by Crippen LogP contribution is 2.47. The van der Waals surface area contributed by atoms with Gasteiger partial charge in [-0.05, 0) is 37.1 Å². The Morgan fingerprint density at radius 2 is 1.92 bits per heavy atom. The van der Waals surface area contributed by atoms with Crippen molar-refractivity contribution >= 4 is 0 Å². The minimum absolute atomic E-state index is 0.480. The fourth-order valence-electron chi connectivity index (χ4n) is 2.21. The SMILES string of the molecule is CCCCCCC(C)(CN)C1CC1. The Labute approximate surface area is 83.1 Å². The zero-order chi connectivity index (χ0) is 9.73. The van der Waals surface area contributed by atoms with E-state index in [1.807, 2.05) is 0 Å². The maximum atomic E-state index is 5.86. The molecule has 1 heteroatoms. The average molecular weight is 183 g/mol. The van der Waals surface area contributed by atoms with Crippen LogP contribution in [0.1, 0.15) is 58.8 Å². The Bertz CT molecular complexity index is 140.